The number of nitrogens with one attached hydrogen (secondary N) is 2. The van der Waals surface area contributed by atoms with Crippen molar-refractivity contribution in [2.75, 3.05) is 25.0 Å². The van der Waals surface area contributed by atoms with E-state index in [0.717, 1.165) is 30.0 Å². The maximum atomic E-state index is 12.3. The van der Waals surface area contributed by atoms with E-state index in [0.29, 0.717) is 24.5 Å². The van der Waals surface area contributed by atoms with Crippen molar-refractivity contribution in [1.82, 2.24) is 0 Å². The van der Waals surface area contributed by atoms with Gasteiger partial charge >= 0.3 is 0 Å². The van der Waals surface area contributed by atoms with E-state index < -0.39 is 0 Å². The lowest BCUT2D eigenvalue weighted by Crippen LogP contribution is -3.14. The lowest BCUT2D eigenvalue weighted by atomic mass is 9.97. The number of anilines is 1. The number of hydrogen-bond donors (Lipinski definition) is 3. The number of quaternary nitrogens is 1. The van der Waals surface area contributed by atoms with Gasteiger partial charge < -0.3 is 16.0 Å². The molecule has 0 saturated carbocycles. The number of amides is 2. The quantitative estimate of drug-likeness (QED) is 0.679. The predicted octanol–water partition coefficient (Wildman–Crippen LogP) is 1.82. The summed E-state index contributed by atoms with van der Waals surface area (Å²) in [7, 11) is 0. The first-order chi connectivity index (χ1) is 13.1. The zero-order valence-electron chi connectivity index (χ0n) is 15.1. The third-order valence-corrected chi connectivity index (χ3v) is 4.62. The van der Waals surface area contributed by atoms with Gasteiger partial charge in [-0.15, -0.1) is 0 Å². The fourth-order valence-corrected chi connectivity index (χ4v) is 3.21. The van der Waals surface area contributed by atoms with Gasteiger partial charge in [-0.05, 0) is 49.2 Å². The molecule has 1 heterocycles. The van der Waals surface area contributed by atoms with E-state index in [1.165, 1.54) is 0 Å². The van der Waals surface area contributed by atoms with Crippen molar-refractivity contribution in [2.45, 2.75) is 12.8 Å². The first-order valence-electron chi connectivity index (χ1n) is 9.10. The second-order valence-corrected chi connectivity index (χ2v) is 6.75. The van der Waals surface area contributed by atoms with Crippen molar-refractivity contribution in [3.63, 3.8) is 0 Å². The van der Waals surface area contributed by atoms with Crippen LogP contribution in [-0.2, 0) is 9.59 Å². The monoisotopic (exact) mass is 366 g/mol. The molecule has 1 aliphatic heterocycles. The van der Waals surface area contributed by atoms with Crippen LogP contribution >= 0.6 is 0 Å². The van der Waals surface area contributed by atoms with Gasteiger partial charge in [0.2, 0.25) is 5.91 Å². The largest absolute Gasteiger partial charge is 0.369 e. The van der Waals surface area contributed by atoms with Gasteiger partial charge in [0.05, 0.1) is 30.4 Å². The van der Waals surface area contributed by atoms with Gasteiger partial charge in [0.1, 0.15) is 0 Å². The van der Waals surface area contributed by atoms with Crippen LogP contribution in [0.5, 0.6) is 0 Å². The number of likely N-dealkylation sites (tertiary alicyclic amines) is 1. The highest BCUT2D eigenvalue weighted by Crippen LogP contribution is 2.19. The Hall–Kier alpha value is -3.06. The summed E-state index contributed by atoms with van der Waals surface area (Å²) in [5.74, 6) is -0.475. The summed E-state index contributed by atoms with van der Waals surface area (Å²) in [5, 5.41) is 11.2. The Morgan fingerprint density at radius 2 is 1.70 bits per heavy atom. The van der Waals surface area contributed by atoms with Crippen molar-refractivity contribution in [2.24, 2.45) is 21.9 Å². The molecule has 140 valence electrons. The van der Waals surface area contributed by atoms with Crippen LogP contribution in [0.25, 0.3) is 0 Å². The SMILES string of the molecule is NC(=O)[C@@H]1CCC[NH+](CC(=O)Nc2ccc(N=Nc3ccccc3)cc2)C1. The van der Waals surface area contributed by atoms with Crippen LogP contribution in [0.4, 0.5) is 17.1 Å². The Morgan fingerprint density at radius 1 is 1.04 bits per heavy atom. The van der Waals surface area contributed by atoms with Crippen LogP contribution < -0.4 is 16.0 Å². The number of hydrogen-bond acceptors (Lipinski definition) is 4. The molecule has 2 aromatic rings. The Morgan fingerprint density at radius 3 is 2.37 bits per heavy atom. The zero-order valence-corrected chi connectivity index (χ0v) is 15.1. The molecule has 0 aromatic heterocycles. The van der Waals surface area contributed by atoms with E-state index in [-0.39, 0.29) is 17.7 Å². The fourth-order valence-electron chi connectivity index (χ4n) is 3.21. The van der Waals surface area contributed by atoms with E-state index in [9.17, 15) is 9.59 Å². The van der Waals surface area contributed by atoms with Crippen molar-refractivity contribution in [3.8, 4) is 0 Å². The Bertz CT molecular complexity index is 805. The molecule has 4 N–H and O–H groups in total. The van der Waals surface area contributed by atoms with Gasteiger partial charge in [-0.3, -0.25) is 9.59 Å². The molecule has 1 fully saturated rings. The van der Waals surface area contributed by atoms with Crippen LogP contribution in [-0.4, -0.2) is 31.4 Å². The van der Waals surface area contributed by atoms with Crippen LogP contribution in [0.15, 0.2) is 64.8 Å². The molecule has 1 aliphatic rings. The predicted molar refractivity (Wildman–Crippen MR) is 103 cm³/mol. The average molecular weight is 366 g/mol. The summed E-state index contributed by atoms with van der Waals surface area (Å²) in [4.78, 5) is 24.7. The minimum Gasteiger partial charge on any atom is -0.369 e. The maximum absolute atomic E-state index is 12.3. The van der Waals surface area contributed by atoms with Gasteiger partial charge in [-0.1, -0.05) is 18.2 Å². The molecular formula is C20H24N5O2+. The normalized spacial score (nSPS) is 19.7. The summed E-state index contributed by atoms with van der Waals surface area (Å²) in [6.45, 7) is 1.84. The van der Waals surface area contributed by atoms with Gasteiger partial charge in [0, 0.05) is 5.69 Å². The topological polar surface area (TPSA) is 101 Å². The molecule has 0 spiro atoms. The van der Waals surface area contributed by atoms with E-state index in [1.54, 1.807) is 24.3 Å². The fraction of sp³-hybridized carbons (Fsp3) is 0.300. The lowest BCUT2D eigenvalue weighted by molar-refractivity contribution is -0.899. The van der Waals surface area contributed by atoms with Gasteiger partial charge in [-0.25, -0.2) is 0 Å². The molecular weight excluding hydrogens is 342 g/mol. The van der Waals surface area contributed by atoms with Crippen LogP contribution in [0.2, 0.25) is 0 Å². The summed E-state index contributed by atoms with van der Waals surface area (Å²) < 4.78 is 0. The first-order valence-corrected chi connectivity index (χ1v) is 9.10. The molecule has 27 heavy (non-hydrogen) atoms. The number of carbonyl (C=O) groups excluding carboxylic acids is 2. The summed E-state index contributed by atoms with van der Waals surface area (Å²) in [6, 6.07) is 16.7. The Labute approximate surface area is 158 Å². The average Bonchev–Trinajstić information content (AvgIpc) is 2.68. The highest BCUT2D eigenvalue weighted by molar-refractivity contribution is 5.91. The molecule has 3 rings (SSSR count). The molecule has 1 saturated heterocycles. The van der Waals surface area contributed by atoms with E-state index in [2.05, 4.69) is 15.5 Å². The summed E-state index contributed by atoms with van der Waals surface area (Å²) in [6.07, 6.45) is 1.73. The standard InChI is InChI=1S/C20H23N5O2/c21-20(27)15-5-4-12-25(13-15)14-19(26)22-16-8-10-18(11-9-16)24-23-17-6-2-1-3-7-17/h1-3,6-11,15H,4-5,12-14H2,(H2,21,27)(H,22,26)/p+1/t15-/m1/s1. The number of rotatable bonds is 6. The smallest absolute Gasteiger partial charge is 0.279 e. The highest BCUT2D eigenvalue weighted by atomic mass is 16.2. The minimum absolute atomic E-state index is 0.0752. The minimum atomic E-state index is -0.270. The number of benzene rings is 2. The number of azo groups is 1. The maximum Gasteiger partial charge on any atom is 0.279 e. The van der Waals surface area contributed by atoms with E-state index in [1.807, 2.05) is 30.3 Å². The van der Waals surface area contributed by atoms with Crippen LogP contribution in [0, 0.1) is 5.92 Å². The number of piperidine rings is 1. The number of primary amides is 1. The third-order valence-electron chi connectivity index (χ3n) is 4.62. The lowest BCUT2D eigenvalue weighted by Gasteiger charge is -2.27. The molecule has 1 unspecified atom stereocenters. The van der Waals surface area contributed by atoms with Gasteiger partial charge in [-0.2, -0.15) is 10.2 Å². The second-order valence-electron chi connectivity index (χ2n) is 6.75. The Kier molecular flexibility index (Phi) is 6.27. The molecule has 7 nitrogen and oxygen atoms in total. The van der Waals surface area contributed by atoms with E-state index >= 15 is 0 Å². The summed E-state index contributed by atoms with van der Waals surface area (Å²) in [5.41, 5.74) is 7.60. The zero-order chi connectivity index (χ0) is 19.1. The summed E-state index contributed by atoms with van der Waals surface area (Å²) >= 11 is 0. The van der Waals surface area contributed by atoms with E-state index in [4.69, 9.17) is 5.73 Å². The van der Waals surface area contributed by atoms with Crippen molar-refractivity contribution < 1.29 is 14.5 Å². The van der Waals surface area contributed by atoms with Crippen LogP contribution in [0.3, 0.4) is 0 Å². The van der Waals surface area contributed by atoms with Crippen molar-refractivity contribution in [1.29, 1.82) is 0 Å². The Balaban J connectivity index is 1.51. The number of carbonyl (C=O) groups is 2. The molecule has 2 amide bonds. The molecule has 7 heteroatoms. The second kappa shape index (κ2) is 9.05. The molecule has 2 atom stereocenters. The number of nitrogens with zero attached hydrogens (tertiary/aromatic N) is 2. The first kappa shape index (κ1) is 18.7. The van der Waals surface area contributed by atoms with Gasteiger partial charge in [0.15, 0.2) is 6.54 Å². The molecule has 2 aromatic carbocycles. The van der Waals surface area contributed by atoms with Crippen molar-refractivity contribution >= 4 is 28.9 Å². The number of nitrogens with two attached hydrogens (primary N) is 1. The highest BCUT2D eigenvalue weighted by Gasteiger charge is 2.28. The molecule has 0 aliphatic carbocycles. The molecule has 0 radical (unpaired) electrons. The van der Waals surface area contributed by atoms with Crippen molar-refractivity contribution in [3.05, 3.63) is 54.6 Å². The van der Waals surface area contributed by atoms with Gasteiger partial charge in [0.25, 0.3) is 5.91 Å². The molecule has 0 bridgehead atoms. The third kappa shape index (κ3) is 5.72. The van der Waals surface area contributed by atoms with Crippen LogP contribution in [0.1, 0.15) is 12.8 Å².